The van der Waals surface area contributed by atoms with Gasteiger partial charge in [-0.3, -0.25) is 4.79 Å². The van der Waals surface area contributed by atoms with Gasteiger partial charge in [0.05, 0.1) is 17.5 Å². The highest BCUT2D eigenvalue weighted by Crippen LogP contribution is 2.32. The van der Waals surface area contributed by atoms with Crippen LogP contribution in [0, 0.1) is 5.92 Å². The standard InChI is InChI=1S/C35H38F3N5O5S/c1-34(2,3)48-33(45)40-20-23-7-5-12-28(16-23)43-29(18-30(42-43)35(36,37)38)32(44)41-27-11-6-10-26(17-27)31(39-19-22-13-14-22)25-9-4-8-24(15-25)21-49(46)47/h4-12,15-18,22,31,39,49H,13-14,19-21H2,1-3H3,(H,40,45)(H,41,44). The van der Waals surface area contributed by atoms with Gasteiger partial charge in [0, 0.05) is 18.3 Å². The first kappa shape index (κ1) is 35.6. The largest absolute Gasteiger partial charge is 0.444 e. The predicted octanol–water partition coefficient (Wildman–Crippen LogP) is 6.37. The van der Waals surface area contributed by atoms with Crippen molar-refractivity contribution in [1.82, 2.24) is 20.4 Å². The van der Waals surface area contributed by atoms with Gasteiger partial charge in [-0.1, -0.05) is 48.5 Å². The van der Waals surface area contributed by atoms with Crippen molar-refractivity contribution in [1.29, 1.82) is 0 Å². The summed E-state index contributed by atoms with van der Waals surface area (Å²) in [4.78, 5) is 25.7. The van der Waals surface area contributed by atoms with Crippen LogP contribution in [0.15, 0.2) is 78.9 Å². The lowest BCUT2D eigenvalue weighted by molar-refractivity contribution is -0.141. The predicted molar refractivity (Wildman–Crippen MR) is 179 cm³/mol. The molecule has 10 nitrogen and oxygen atoms in total. The summed E-state index contributed by atoms with van der Waals surface area (Å²) in [5.41, 5.74) is 1.03. The Morgan fingerprint density at radius 1 is 0.939 bits per heavy atom. The summed E-state index contributed by atoms with van der Waals surface area (Å²) in [7, 11) is -2.61. The van der Waals surface area contributed by atoms with Crippen molar-refractivity contribution < 1.29 is 35.9 Å². The summed E-state index contributed by atoms with van der Waals surface area (Å²) in [6.45, 7) is 5.93. The van der Waals surface area contributed by atoms with Gasteiger partial charge < -0.3 is 20.7 Å². The number of hydrogen-bond donors (Lipinski definition) is 4. The van der Waals surface area contributed by atoms with E-state index in [0.717, 1.165) is 35.2 Å². The van der Waals surface area contributed by atoms with Crippen LogP contribution in [-0.4, -0.2) is 42.3 Å². The van der Waals surface area contributed by atoms with Crippen molar-refractivity contribution in [2.45, 2.75) is 63.7 Å². The van der Waals surface area contributed by atoms with E-state index >= 15 is 0 Å². The van der Waals surface area contributed by atoms with Crippen molar-refractivity contribution >= 4 is 28.4 Å². The molecule has 0 spiro atoms. The van der Waals surface area contributed by atoms with Crippen molar-refractivity contribution in [2.24, 2.45) is 5.92 Å². The molecule has 4 aromatic rings. The Morgan fingerprint density at radius 2 is 1.61 bits per heavy atom. The first-order chi connectivity index (χ1) is 23.1. The lowest BCUT2D eigenvalue weighted by atomic mass is 9.96. The number of ether oxygens (including phenoxy) is 1. The molecule has 3 aromatic carbocycles. The van der Waals surface area contributed by atoms with E-state index in [9.17, 15) is 31.2 Å². The van der Waals surface area contributed by atoms with Crippen LogP contribution in [0.5, 0.6) is 0 Å². The van der Waals surface area contributed by atoms with E-state index in [1.807, 2.05) is 18.2 Å². The molecule has 260 valence electrons. The Hall–Kier alpha value is -4.69. The lowest BCUT2D eigenvalue weighted by Crippen LogP contribution is -2.32. The molecule has 1 aliphatic rings. The summed E-state index contributed by atoms with van der Waals surface area (Å²) < 4.78 is 70.4. The average Bonchev–Trinajstić information content (AvgIpc) is 3.72. The second-order valence-electron chi connectivity index (χ2n) is 12.9. The maximum atomic E-state index is 13.8. The van der Waals surface area contributed by atoms with Gasteiger partial charge in [0.15, 0.2) is 5.69 Å². The molecule has 2 amide bonds. The third-order valence-electron chi connectivity index (χ3n) is 7.60. The number of benzene rings is 3. The first-order valence-electron chi connectivity index (χ1n) is 15.7. The van der Waals surface area contributed by atoms with Crippen molar-refractivity contribution in [3.63, 3.8) is 0 Å². The molecule has 0 bridgehead atoms. The Kier molecular flexibility index (Phi) is 10.8. The Labute approximate surface area is 284 Å². The number of alkyl halides is 3. The molecule has 1 unspecified atom stereocenters. The minimum Gasteiger partial charge on any atom is -0.444 e. The minimum absolute atomic E-state index is 0.0264. The molecule has 1 atom stereocenters. The number of nitrogens with zero attached hydrogens (tertiary/aromatic N) is 2. The SMILES string of the molecule is CC(C)(C)OC(=O)NCc1cccc(-n2nc(C(F)(F)F)cc2C(=O)Nc2cccc(C(NCC3CC3)c3cccc(C[SH](=O)=O)c3)c2)c1. The molecule has 0 saturated heterocycles. The van der Waals surface area contributed by atoms with E-state index in [4.69, 9.17) is 4.74 Å². The number of carbonyl (C=O) groups is 2. The number of nitrogens with one attached hydrogen (secondary N) is 3. The minimum atomic E-state index is -4.82. The van der Waals surface area contributed by atoms with Crippen molar-refractivity contribution in [2.75, 3.05) is 11.9 Å². The van der Waals surface area contributed by atoms with Gasteiger partial charge in [0.1, 0.15) is 22.0 Å². The second kappa shape index (κ2) is 14.8. The molecule has 14 heteroatoms. The number of rotatable bonds is 12. The summed E-state index contributed by atoms with van der Waals surface area (Å²) in [5, 5.41) is 12.6. The lowest BCUT2D eigenvalue weighted by Gasteiger charge is -2.21. The number of thiol groups is 1. The highest BCUT2D eigenvalue weighted by atomic mass is 32.2. The number of alkyl carbamates (subject to hydrolysis) is 1. The van der Waals surface area contributed by atoms with Gasteiger partial charge in [-0.15, -0.1) is 0 Å². The van der Waals surface area contributed by atoms with E-state index in [0.29, 0.717) is 28.8 Å². The Morgan fingerprint density at radius 3 is 2.29 bits per heavy atom. The van der Waals surface area contributed by atoms with Crippen LogP contribution in [0.25, 0.3) is 5.69 Å². The van der Waals surface area contributed by atoms with E-state index in [1.165, 1.54) is 12.1 Å². The zero-order valence-electron chi connectivity index (χ0n) is 27.2. The first-order valence-corrected chi connectivity index (χ1v) is 17.1. The normalized spacial score (nSPS) is 14.0. The smallest absolute Gasteiger partial charge is 0.435 e. The summed E-state index contributed by atoms with van der Waals surface area (Å²) in [6, 6.07) is 20.9. The molecule has 0 aliphatic heterocycles. The molecule has 5 rings (SSSR count). The number of halogens is 3. The third kappa shape index (κ3) is 10.2. The van der Waals surface area contributed by atoms with Crippen LogP contribution in [-0.2, 0) is 33.9 Å². The number of hydrogen-bond acceptors (Lipinski definition) is 7. The zero-order valence-corrected chi connectivity index (χ0v) is 28.1. The van der Waals surface area contributed by atoms with E-state index < -0.39 is 40.2 Å². The maximum Gasteiger partial charge on any atom is 0.435 e. The molecule has 1 aliphatic carbocycles. The van der Waals surface area contributed by atoms with Crippen LogP contribution in [0.2, 0.25) is 0 Å². The highest BCUT2D eigenvalue weighted by molar-refractivity contribution is 7.71. The maximum absolute atomic E-state index is 13.8. The summed E-state index contributed by atoms with van der Waals surface area (Å²) in [6.07, 6.45) is -3.24. The van der Waals surface area contributed by atoms with E-state index in [2.05, 4.69) is 21.0 Å². The van der Waals surface area contributed by atoms with Gasteiger partial charge in [-0.2, -0.15) is 18.3 Å². The molecule has 49 heavy (non-hydrogen) atoms. The zero-order chi connectivity index (χ0) is 35.3. The van der Waals surface area contributed by atoms with Gasteiger partial charge in [0.25, 0.3) is 5.91 Å². The Balaban J connectivity index is 1.41. The number of anilines is 1. The molecule has 0 radical (unpaired) electrons. The van der Waals surface area contributed by atoms with Crippen LogP contribution >= 0.6 is 0 Å². The molecule has 1 saturated carbocycles. The average molecular weight is 698 g/mol. The van der Waals surface area contributed by atoms with Gasteiger partial charge in [-0.25, -0.2) is 17.9 Å². The van der Waals surface area contributed by atoms with Crippen LogP contribution in [0.3, 0.4) is 0 Å². The van der Waals surface area contributed by atoms with Gasteiger partial charge >= 0.3 is 12.3 Å². The molecule has 1 heterocycles. The van der Waals surface area contributed by atoms with Gasteiger partial charge in [0.2, 0.25) is 0 Å². The van der Waals surface area contributed by atoms with Crippen LogP contribution in [0.4, 0.5) is 23.7 Å². The molecular formula is C35H38F3N5O5S. The summed E-state index contributed by atoms with van der Waals surface area (Å²) >= 11 is 0. The van der Waals surface area contributed by atoms with Gasteiger partial charge in [-0.05, 0) is 92.6 Å². The molecular weight excluding hydrogens is 659 g/mol. The summed E-state index contributed by atoms with van der Waals surface area (Å²) in [5.74, 6) is -0.369. The fourth-order valence-corrected chi connectivity index (χ4v) is 5.71. The third-order valence-corrected chi connectivity index (χ3v) is 8.23. The second-order valence-corrected chi connectivity index (χ2v) is 13.9. The van der Waals surface area contributed by atoms with Crippen LogP contribution in [0.1, 0.15) is 78.1 Å². The van der Waals surface area contributed by atoms with E-state index in [-0.39, 0.29) is 29.7 Å². The quantitative estimate of drug-likeness (QED) is 0.127. The molecule has 1 aromatic heterocycles. The molecule has 1 fully saturated rings. The monoisotopic (exact) mass is 697 g/mol. The fourth-order valence-electron chi connectivity index (χ4n) is 5.21. The molecule has 3 N–H and O–H groups in total. The number of carbonyl (C=O) groups excluding carboxylic acids is 2. The van der Waals surface area contributed by atoms with Crippen molar-refractivity contribution in [3.05, 3.63) is 113 Å². The van der Waals surface area contributed by atoms with E-state index in [1.54, 1.807) is 63.2 Å². The highest BCUT2D eigenvalue weighted by Gasteiger charge is 2.36. The topological polar surface area (TPSA) is 131 Å². The van der Waals surface area contributed by atoms with Crippen LogP contribution < -0.4 is 16.0 Å². The Bertz CT molecular complexity index is 1890. The van der Waals surface area contributed by atoms with Crippen molar-refractivity contribution in [3.8, 4) is 5.69 Å². The fraction of sp³-hybridized carbons (Fsp3) is 0.343. The number of amides is 2. The number of aromatic nitrogens is 2.